The highest BCUT2D eigenvalue weighted by Gasteiger charge is 2.56. The minimum Gasteiger partial charge on any atom is -0.394 e. The van der Waals surface area contributed by atoms with Crippen LogP contribution in [0.5, 0.6) is 0 Å². The molecule has 1 amide bonds. The van der Waals surface area contributed by atoms with Gasteiger partial charge in [-0.15, -0.1) is 0 Å². The Morgan fingerprint density at radius 1 is 1.10 bits per heavy atom. The molecule has 0 spiro atoms. The summed E-state index contributed by atoms with van der Waals surface area (Å²) in [5, 5.41) is 9.99. The summed E-state index contributed by atoms with van der Waals surface area (Å²) >= 11 is 0. The molecule has 2 aliphatic heterocycles. The van der Waals surface area contributed by atoms with E-state index < -0.39 is 15.8 Å². The Labute approximate surface area is 175 Å². The van der Waals surface area contributed by atoms with Gasteiger partial charge in [0.2, 0.25) is 5.91 Å². The zero-order chi connectivity index (χ0) is 21.0. The Morgan fingerprint density at radius 3 is 2.47 bits per heavy atom. The monoisotopic (exact) mass is 430 g/mol. The molecule has 1 saturated heterocycles. The van der Waals surface area contributed by atoms with Gasteiger partial charge in [-0.2, -0.15) is 0 Å². The van der Waals surface area contributed by atoms with Crippen LogP contribution in [0.2, 0.25) is 0 Å². The molecule has 2 aromatic rings. The second-order valence-corrected chi connectivity index (χ2v) is 10.2. The van der Waals surface area contributed by atoms with E-state index in [2.05, 4.69) is 0 Å². The van der Waals surface area contributed by atoms with Gasteiger partial charge in [-0.1, -0.05) is 18.2 Å². The number of aliphatic hydroxyl groups excluding tert-OH is 1. The van der Waals surface area contributed by atoms with Crippen LogP contribution >= 0.6 is 0 Å². The van der Waals surface area contributed by atoms with E-state index in [1.165, 1.54) is 16.4 Å². The predicted molar refractivity (Wildman–Crippen MR) is 109 cm³/mol. The fraction of sp³-hybridized carbons (Fsp3) is 0.409. The van der Waals surface area contributed by atoms with E-state index in [1.54, 1.807) is 17.0 Å². The first-order chi connectivity index (χ1) is 14.4. The first kappa shape index (κ1) is 19.5. The molecule has 0 bridgehead atoms. The van der Waals surface area contributed by atoms with Gasteiger partial charge in [0.1, 0.15) is 5.82 Å². The van der Waals surface area contributed by atoms with E-state index in [0.29, 0.717) is 18.0 Å². The second kappa shape index (κ2) is 7.06. The van der Waals surface area contributed by atoms with E-state index in [0.717, 1.165) is 30.5 Å². The maximum absolute atomic E-state index is 13.4. The lowest BCUT2D eigenvalue weighted by Crippen LogP contribution is -2.70. The molecule has 1 N–H and O–H groups in total. The summed E-state index contributed by atoms with van der Waals surface area (Å²) in [6, 6.07) is 11.3. The lowest BCUT2D eigenvalue weighted by molar-refractivity contribution is -0.150. The summed E-state index contributed by atoms with van der Waals surface area (Å²) in [6.07, 6.45) is 2.54. The van der Waals surface area contributed by atoms with Crippen molar-refractivity contribution in [1.82, 2.24) is 4.90 Å². The second-order valence-electron chi connectivity index (χ2n) is 8.34. The fourth-order valence-electron chi connectivity index (χ4n) is 4.83. The van der Waals surface area contributed by atoms with Gasteiger partial charge in [-0.3, -0.25) is 9.10 Å². The predicted octanol–water partition coefficient (Wildman–Crippen LogP) is 2.49. The quantitative estimate of drug-likeness (QED) is 0.791. The molecular formula is C22H23FN2O4S. The number of benzene rings is 2. The lowest BCUT2D eigenvalue weighted by atomic mass is 9.72. The molecule has 3 aliphatic rings. The Morgan fingerprint density at radius 2 is 1.80 bits per heavy atom. The molecule has 30 heavy (non-hydrogen) atoms. The molecule has 158 valence electrons. The molecule has 0 radical (unpaired) electrons. The Hall–Kier alpha value is -2.45. The summed E-state index contributed by atoms with van der Waals surface area (Å²) < 4.78 is 41.5. The van der Waals surface area contributed by atoms with Gasteiger partial charge in [0, 0.05) is 12.3 Å². The van der Waals surface area contributed by atoms with Crippen molar-refractivity contribution in [2.45, 2.75) is 42.2 Å². The van der Waals surface area contributed by atoms with Crippen molar-refractivity contribution in [3.8, 4) is 0 Å². The number of para-hydroxylation sites is 1. The number of rotatable bonds is 5. The first-order valence-electron chi connectivity index (χ1n) is 10.2. The zero-order valence-corrected chi connectivity index (χ0v) is 17.1. The number of anilines is 1. The molecule has 0 aromatic heterocycles. The van der Waals surface area contributed by atoms with Gasteiger partial charge < -0.3 is 10.0 Å². The van der Waals surface area contributed by atoms with Crippen LogP contribution in [-0.4, -0.2) is 49.6 Å². The number of nitrogens with zero attached hydrogens (tertiary/aromatic N) is 2. The number of fused-ring (bicyclic) bond motifs is 3. The molecule has 3 atom stereocenters. The SMILES string of the molecule is O=C(CC1CC1)N1[C@@H](CO)[C@@H]2c3ccccc3N(S(=O)(=O)c3ccc(F)cc3)C[C@@H]21. The molecule has 2 heterocycles. The van der Waals surface area contributed by atoms with Crippen LogP contribution in [0.25, 0.3) is 0 Å². The van der Waals surface area contributed by atoms with Gasteiger partial charge in [0.25, 0.3) is 10.0 Å². The van der Waals surface area contributed by atoms with Crippen molar-refractivity contribution in [3.63, 3.8) is 0 Å². The van der Waals surface area contributed by atoms with E-state index in [9.17, 15) is 22.7 Å². The maximum Gasteiger partial charge on any atom is 0.264 e. The van der Waals surface area contributed by atoms with Crippen molar-refractivity contribution >= 4 is 21.6 Å². The van der Waals surface area contributed by atoms with Crippen molar-refractivity contribution in [3.05, 3.63) is 59.9 Å². The highest BCUT2D eigenvalue weighted by Crippen LogP contribution is 2.50. The van der Waals surface area contributed by atoms with Crippen LogP contribution in [0.4, 0.5) is 10.1 Å². The Bertz CT molecular complexity index is 1080. The third-order valence-electron chi connectivity index (χ3n) is 6.50. The highest BCUT2D eigenvalue weighted by molar-refractivity contribution is 7.92. The van der Waals surface area contributed by atoms with E-state index in [-0.39, 0.29) is 42.0 Å². The summed E-state index contributed by atoms with van der Waals surface area (Å²) in [5.74, 6) is -0.217. The molecule has 5 rings (SSSR count). The number of carbonyl (C=O) groups is 1. The van der Waals surface area contributed by atoms with Gasteiger partial charge in [-0.05, 0) is 54.7 Å². The third kappa shape index (κ3) is 3.01. The summed E-state index contributed by atoms with van der Waals surface area (Å²) in [4.78, 5) is 14.6. The number of aliphatic hydroxyl groups is 1. The van der Waals surface area contributed by atoms with Gasteiger partial charge in [0.15, 0.2) is 0 Å². The van der Waals surface area contributed by atoms with Crippen LogP contribution in [0, 0.1) is 11.7 Å². The van der Waals surface area contributed by atoms with Crippen LogP contribution in [-0.2, 0) is 14.8 Å². The number of likely N-dealkylation sites (tertiary alicyclic amines) is 1. The fourth-order valence-corrected chi connectivity index (χ4v) is 6.34. The first-order valence-corrected chi connectivity index (χ1v) is 11.6. The number of hydrogen-bond donors (Lipinski definition) is 1. The minimum atomic E-state index is -3.93. The standard InChI is InChI=1S/C22H23FN2O4S/c23-15-7-9-16(10-8-15)30(28,29)24-12-19-22(17-3-1-2-4-18(17)24)20(13-26)25(19)21(27)11-14-5-6-14/h1-4,7-10,14,19-20,22,26H,5-6,11-13H2/t19-,20-,22+/m0/s1. The Balaban J connectivity index is 1.54. The van der Waals surface area contributed by atoms with Crippen LogP contribution in [0.15, 0.2) is 53.4 Å². The number of halogens is 1. The van der Waals surface area contributed by atoms with Crippen LogP contribution < -0.4 is 4.31 Å². The highest BCUT2D eigenvalue weighted by atomic mass is 32.2. The summed E-state index contributed by atoms with van der Waals surface area (Å²) in [5.41, 5.74) is 1.37. The number of amides is 1. The van der Waals surface area contributed by atoms with E-state index >= 15 is 0 Å². The number of hydrogen-bond acceptors (Lipinski definition) is 4. The average Bonchev–Trinajstić information content (AvgIpc) is 3.52. The molecule has 1 aliphatic carbocycles. The van der Waals surface area contributed by atoms with Crippen LogP contribution in [0.3, 0.4) is 0 Å². The van der Waals surface area contributed by atoms with Gasteiger partial charge >= 0.3 is 0 Å². The summed E-state index contributed by atoms with van der Waals surface area (Å²) in [6.45, 7) is -0.0368. The third-order valence-corrected chi connectivity index (χ3v) is 8.29. The number of carbonyl (C=O) groups excluding carboxylic acids is 1. The average molecular weight is 431 g/mol. The normalized spacial score (nSPS) is 25.3. The summed E-state index contributed by atoms with van der Waals surface area (Å²) in [7, 11) is -3.93. The van der Waals surface area contributed by atoms with E-state index in [1.807, 2.05) is 12.1 Å². The maximum atomic E-state index is 13.4. The largest absolute Gasteiger partial charge is 0.394 e. The topological polar surface area (TPSA) is 77.9 Å². The van der Waals surface area contributed by atoms with Crippen molar-refractivity contribution in [2.24, 2.45) is 5.92 Å². The Kier molecular flexibility index (Phi) is 4.59. The minimum absolute atomic E-state index is 0.00559. The molecular weight excluding hydrogens is 407 g/mol. The molecule has 6 nitrogen and oxygen atoms in total. The van der Waals surface area contributed by atoms with Gasteiger partial charge in [-0.25, -0.2) is 12.8 Å². The molecule has 8 heteroatoms. The smallest absolute Gasteiger partial charge is 0.264 e. The van der Waals surface area contributed by atoms with Crippen LogP contribution in [0.1, 0.15) is 30.7 Å². The van der Waals surface area contributed by atoms with E-state index in [4.69, 9.17) is 0 Å². The number of sulfonamides is 1. The molecule has 2 aromatic carbocycles. The zero-order valence-electron chi connectivity index (χ0n) is 16.3. The molecule has 2 fully saturated rings. The molecule has 1 saturated carbocycles. The van der Waals surface area contributed by atoms with Crippen molar-refractivity contribution in [2.75, 3.05) is 17.5 Å². The van der Waals surface area contributed by atoms with Crippen molar-refractivity contribution in [1.29, 1.82) is 0 Å². The lowest BCUT2D eigenvalue weighted by Gasteiger charge is -2.59. The van der Waals surface area contributed by atoms with Gasteiger partial charge in [0.05, 0.1) is 35.8 Å². The molecule has 0 unspecified atom stereocenters. The van der Waals surface area contributed by atoms with Crippen molar-refractivity contribution < 1.29 is 22.7 Å².